The quantitative estimate of drug-likeness (QED) is 0.816. The van der Waals surface area contributed by atoms with Crippen LogP contribution in [0.1, 0.15) is 6.42 Å². The summed E-state index contributed by atoms with van der Waals surface area (Å²) in [6.45, 7) is 1.02. The van der Waals surface area contributed by atoms with Crippen molar-refractivity contribution in [1.29, 1.82) is 0 Å². The van der Waals surface area contributed by atoms with Crippen LogP contribution in [0.5, 0.6) is 0 Å². The zero-order valence-electron chi connectivity index (χ0n) is 9.37. The summed E-state index contributed by atoms with van der Waals surface area (Å²) in [5.41, 5.74) is 0.638. The van der Waals surface area contributed by atoms with E-state index in [0.717, 1.165) is 6.42 Å². The third-order valence-corrected chi connectivity index (χ3v) is 2.93. The number of nitrogens with one attached hydrogen (secondary N) is 1. The van der Waals surface area contributed by atoms with Crippen molar-refractivity contribution in [1.82, 2.24) is 5.32 Å². The van der Waals surface area contributed by atoms with Crippen LogP contribution in [0.3, 0.4) is 0 Å². The van der Waals surface area contributed by atoms with Gasteiger partial charge in [-0.2, -0.15) is 13.2 Å². The Bertz CT molecular complexity index is 351. The maximum absolute atomic E-state index is 13.0. The van der Waals surface area contributed by atoms with Crippen molar-refractivity contribution in [3.63, 3.8) is 0 Å². The second-order valence-electron chi connectivity index (χ2n) is 4.14. The molecular weight excluding hydrogens is 229 g/mol. The maximum Gasteiger partial charge on any atom is 0.409 e. The van der Waals surface area contributed by atoms with E-state index in [9.17, 15) is 13.2 Å². The number of alkyl halides is 3. The highest BCUT2D eigenvalue weighted by Gasteiger charge is 2.43. The third-order valence-electron chi connectivity index (χ3n) is 2.93. The molecule has 1 aromatic rings. The van der Waals surface area contributed by atoms with Gasteiger partial charge in [0, 0.05) is 18.8 Å². The summed E-state index contributed by atoms with van der Waals surface area (Å²) in [5.74, 6) is 0. The Hall–Kier alpha value is -1.23. The van der Waals surface area contributed by atoms with Crippen molar-refractivity contribution in [2.75, 3.05) is 24.5 Å². The zero-order chi connectivity index (χ0) is 12.3. The molecule has 1 atom stereocenters. The first kappa shape index (κ1) is 12.2. The summed E-state index contributed by atoms with van der Waals surface area (Å²) in [7, 11) is 0. The van der Waals surface area contributed by atoms with Gasteiger partial charge in [-0.15, -0.1) is 0 Å². The SMILES string of the molecule is FC(F)(F)C1CNCCCN1c1ccccc1. The van der Waals surface area contributed by atoms with Gasteiger partial charge in [0.05, 0.1) is 0 Å². The predicted octanol–water partition coefficient (Wildman–Crippen LogP) is 2.42. The summed E-state index contributed by atoms with van der Waals surface area (Å²) >= 11 is 0. The van der Waals surface area contributed by atoms with Gasteiger partial charge in [0.25, 0.3) is 0 Å². The van der Waals surface area contributed by atoms with Crippen molar-refractivity contribution < 1.29 is 13.2 Å². The number of hydrogen-bond donors (Lipinski definition) is 1. The molecule has 0 spiro atoms. The minimum absolute atomic E-state index is 0.0433. The van der Waals surface area contributed by atoms with E-state index in [1.165, 1.54) is 4.90 Å². The van der Waals surface area contributed by atoms with Crippen molar-refractivity contribution in [2.45, 2.75) is 18.6 Å². The standard InChI is InChI=1S/C12H15F3N2/c13-12(14,15)11-9-16-7-4-8-17(11)10-5-2-1-3-6-10/h1-3,5-6,11,16H,4,7-9H2. The average Bonchev–Trinajstić information content (AvgIpc) is 2.54. The second kappa shape index (κ2) is 4.96. The van der Waals surface area contributed by atoms with E-state index >= 15 is 0 Å². The molecule has 1 saturated heterocycles. The van der Waals surface area contributed by atoms with Crippen LogP contribution >= 0.6 is 0 Å². The first-order valence-corrected chi connectivity index (χ1v) is 5.68. The highest BCUT2D eigenvalue weighted by molar-refractivity contribution is 5.47. The molecule has 1 heterocycles. The molecule has 1 aliphatic heterocycles. The van der Waals surface area contributed by atoms with Gasteiger partial charge in [-0.25, -0.2) is 0 Å². The maximum atomic E-state index is 13.0. The number of benzene rings is 1. The molecule has 1 N–H and O–H groups in total. The highest BCUT2D eigenvalue weighted by Crippen LogP contribution is 2.29. The number of hydrogen-bond acceptors (Lipinski definition) is 2. The van der Waals surface area contributed by atoms with E-state index in [0.29, 0.717) is 18.8 Å². The van der Waals surface area contributed by atoms with Crippen LogP contribution in [0.4, 0.5) is 18.9 Å². The van der Waals surface area contributed by atoms with E-state index in [1.54, 1.807) is 24.3 Å². The lowest BCUT2D eigenvalue weighted by molar-refractivity contribution is -0.147. The lowest BCUT2D eigenvalue weighted by Gasteiger charge is -2.33. The topological polar surface area (TPSA) is 15.3 Å². The van der Waals surface area contributed by atoms with Crippen LogP contribution in [0.15, 0.2) is 30.3 Å². The van der Waals surface area contributed by atoms with Crippen LogP contribution in [0.25, 0.3) is 0 Å². The number of rotatable bonds is 1. The van der Waals surface area contributed by atoms with E-state index in [-0.39, 0.29) is 6.54 Å². The van der Waals surface area contributed by atoms with Gasteiger partial charge >= 0.3 is 6.18 Å². The van der Waals surface area contributed by atoms with Gasteiger partial charge in [0.1, 0.15) is 6.04 Å². The minimum Gasteiger partial charge on any atom is -0.359 e. The van der Waals surface area contributed by atoms with Crippen molar-refractivity contribution >= 4 is 5.69 Å². The van der Waals surface area contributed by atoms with Gasteiger partial charge in [-0.1, -0.05) is 18.2 Å². The Kier molecular flexibility index (Phi) is 3.57. The lowest BCUT2D eigenvalue weighted by Crippen LogP contribution is -2.49. The van der Waals surface area contributed by atoms with Gasteiger partial charge in [0.2, 0.25) is 0 Å². The Balaban J connectivity index is 2.27. The van der Waals surface area contributed by atoms with E-state index in [4.69, 9.17) is 0 Å². The Morgan fingerprint density at radius 2 is 1.88 bits per heavy atom. The van der Waals surface area contributed by atoms with E-state index < -0.39 is 12.2 Å². The first-order valence-electron chi connectivity index (χ1n) is 5.68. The molecule has 17 heavy (non-hydrogen) atoms. The molecule has 0 amide bonds. The molecule has 0 bridgehead atoms. The van der Waals surface area contributed by atoms with E-state index in [2.05, 4.69) is 5.32 Å². The molecule has 2 rings (SSSR count). The summed E-state index contributed by atoms with van der Waals surface area (Å²) in [6.07, 6.45) is -3.48. The molecule has 1 fully saturated rings. The summed E-state index contributed by atoms with van der Waals surface area (Å²) in [4.78, 5) is 1.44. The molecule has 2 nitrogen and oxygen atoms in total. The van der Waals surface area contributed by atoms with Crippen LogP contribution in [0, 0.1) is 0 Å². The summed E-state index contributed by atoms with van der Waals surface area (Å²) in [6, 6.07) is 7.35. The fraction of sp³-hybridized carbons (Fsp3) is 0.500. The van der Waals surface area contributed by atoms with Gasteiger partial charge < -0.3 is 10.2 Å². The Morgan fingerprint density at radius 1 is 1.18 bits per heavy atom. The number of anilines is 1. The third kappa shape index (κ3) is 2.91. The fourth-order valence-electron chi connectivity index (χ4n) is 2.10. The molecule has 0 aliphatic carbocycles. The van der Waals surface area contributed by atoms with Crippen molar-refractivity contribution in [3.8, 4) is 0 Å². The van der Waals surface area contributed by atoms with Crippen LogP contribution < -0.4 is 10.2 Å². The molecule has 5 heteroatoms. The molecule has 1 aliphatic rings. The van der Waals surface area contributed by atoms with Crippen LogP contribution in [0.2, 0.25) is 0 Å². The summed E-state index contributed by atoms with van der Waals surface area (Å²) in [5, 5.41) is 2.84. The number of nitrogens with zero attached hydrogens (tertiary/aromatic N) is 1. The van der Waals surface area contributed by atoms with Crippen LogP contribution in [-0.2, 0) is 0 Å². The van der Waals surface area contributed by atoms with Crippen molar-refractivity contribution in [3.05, 3.63) is 30.3 Å². The first-order chi connectivity index (χ1) is 8.09. The number of para-hydroxylation sites is 1. The predicted molar refractivity (Wildman–Crippen MR) is 61.1 cm³/mol. The molecule has 0 saturated carbocycles. The molecule has 94 valence electrons. The fourth-order valence-corrected chi connectivity index (χ4v) is 2.10. The van der Waals surface area contributed by atoms with Gasteiger partial charge in [-0.05, 0) is 25.1 Å². The Morgan fingerprint density at radius 3 is 2.53 bits per heavy atom. The molecule has 1 aromatic carbocycles. The number of halogens is 3. The van der Waals surface area contributed by atoms with E-state index in [1.807, 2.05) is 6.07 Å². The highest BCUT2D eigenvalue weighted by atomic mass is 19.4. The molecule has 1 unspecified atom stereocenters. The minimum atomic E-state index is -4.20. The lowest BCUT2D eigenvalue weighted by atomic mass is 10.2. The molecule has 0 radical (unpaired) electrons. The largest absolute Gasteiger partial charge is 0.409 e. The van der Waals surface area contributed by atoms with Crippen LogP contribution in [-0.4, -0.2) is 31.9 Å². The summed E-state index contributed by atoms with van der Waals surface area (Å²) < 4.78 is 38.9. The monoisotopic (exact) mass is 244 g/mol. The van der Waals surface area contributed by atoms with Gasteiger partial charge in [-0.3, -0.25) is 0 Å². The second-order valence-corrected chi connectivity index (χ2v) is 4.14. The van der Waals surface area contributed by atoms with Crippen molar-refractivity contribution in [2.24, 2.45) is 0 Å². The average molecular weight is 244 g/mol. The smallest absolute Gasteiger partial charge is 0.359 e. The normalized spacial score (nSPS) is 22.3. The molecule has 0 aromatic heterocycles. The van der Waals surface area contributed by atoms with Gasteiger partial charge in [0.15, 0.2) is 0 Å². The zero-order valence-corrected chi connectivity index (χ0v) is 9.37. The Labute approximate surface area is 98.4 Å². The molecular formula is C12H15F3N2.